The van der Waals surface area contributed by atoms with Gasteiger partial charge in [-0.25, -0.2) is 8.42 Å². The van der Waals surface area contributed by atoms with Crippen LogP contribution in [0.1, 0.15) is 34.4 Å². The second kappa shape index (κ2) is 8.11. The van der Waals surface area contributed by atoms with Crippen LogP contribution in [0.25, 0.3) is 11.1 Å². The number of carbonyl (C=O) groups is 1. The Hall–Kier alpha value is -2.43. The van der Waals surface area contributed by atoms with Crippen LogP contribution in [0.5, 0.6) is 0 Å². The van der Waals surface area contributed by atoms with Crippen LogP contribution in [0.15, 0.2) is 36.4 Å². The van der Waals surface area contributed by atoms with Crippen molar-refractivity contribution >= 4 is 16.0 Å². The first-order valence-corrected chi connectivity index (χ1v) is 12.1. The van der Waals surface area contributed by atoms with Crippen molar-refractivity contribution in [2.24, 2.45) is 5.41 Å². The minimum Gasteiger partial charge on any atom is -0.481 e. The average molecular weight is 483 g/mol. The molecule has 0 aromatic heterocycles. The van der Waals surface area contributed by atoms with Crippen LogP contribution in [0.4, 0.5) is 13.2 Å². The summed E-state index contributed by atoms with van der Waals surface area (Å²) in [5, 5.41) is 11.9. The summed E-state index contributed by atoms with van der Waals surface area (Å²) in [5.74, 6) is -1.22. The quantitative estimate of drug-likeness (QED) is 0.696. The fourth-order valence-electron chi connectivity index (χ4n) is 4.90. The van der Waals surface area contributed by atoms with Gasteiger partial charge in [0.25, 0.3) is 0 Å². The number of hydrogen-bond acceptors (Lipinski definition) is 4. The van der Waals surface area contributed by atoms with Crippen LogP contribution in [-0.4, -0.2) is 50.0 Å². The number of sulfonamides is 1. The van der Waals surface area contributed by atoms with E-state index >= 15 is 0 Å². The maximum Gasteiger partial charge on any atom is 0.416 e. The number of carboxylic acids is 1. The molecule has 2 atom stereocenters. The van der Waals surface area contributed by atoms with Crippen LogP contribution in [0.2, 0.25) is 0 Å². The van der Waals surface area contributed by atoms with E-state index in [-0.39, 0.29) is 19.5 Å². The lowest BCUT2D eigenvalue weighted by Crippen LogP contribution is -2.50. The molecular weight excluding hydrogens is 457 g/mol. The van der Waals surface area contributed by atoms with Crippen molar-refractivity contribution in [3.05, 3.63) is 58.7 Å². The fourth-order valence-corrected chi connectivity index (χ4v) is 7.26. The highest BCUT2D eigenvalue weighted by molar-refractivity contribution is 7.89. The molecule has 2 unspecified atom stereocenters. The number of nitrogens with zero attached hydrogens (tertiary/aromatic N) is 1. The van der Waals surface area contributed by atoms with Gasteiger partial charge in [-0.15, -0.1) is 0 Å². The van der Waals surface area contributed by atoms with E-state index in [1.807, 2.05) is 0 Å². The van der Waals surface area contributed by atoms with E-state index in [1.165, 1.54) is 23.4 Å². The lowest BCUT2D eigenvalue weighted by Gasteiger charge is -2.34. The van der Waals surface area contributed by atoms with Gasteiger partial charge in [-0.1, -0.05) is 29.8 Å². The summed E-state index contributed by atoms with van der Waals surface area (Å²) in [5.41, 5.74) is 0.312. The van der Waals surface area contributed by atoms with Crippen molar-refractivity contribution < 1.29 is 31.5 Å². The van der Waals surface area contributed by atoms with Crippen LogP contribution >= 0.6 is 0 Å². The number of aryl methyl sites for hydroxylation is 1. The molecule has 33 heavy (non-hydrogen) atoms. The summed E-state index contributed by atoms with van der Waals surface area (Å²) in [4.78, 5) is 12.4. The third-order valence-electron chi connectivity index (χ3n) is 6.58. The number of hydrogen-bond donors (Lipinski definition) is 2. The van der Waals surface area contributed by atoms with E-state index in [2.05, 4.69) is 5.32 Å². The van der Waals surface area contributed by atoms with Gasteiger partial charge >= 0.3 is 12.1 Å². The number of piperazine rings is 1. The Balaban J connectivity index is 1.88. The zero-order valence-corrected chi connectivity index (χ0v) is 19.1. The van der Waals surface area contributed by atoms with Crippen molar-refractivity contribution in [3.63, 3.8) is 0 Å². The molecule has 10 heteroatoms. The molecule has 1 fully saturated rings. The molecule has 0 bridgehead atoms. The maximum absolute atomic E-state index is 13.7. The van der Waals surface area contributed by atoms with Gasteiger partial charge in [0.05, 0.1) is 11.0 Å². The summed E-state index contributed by atoms with van der Waals surface area (Å²) in [7, 11) is -4.01. The third kappa shape index (κ3) is 4.04. The largest absolute Gasteiger partial charge is 0.481 e. The maximum atomic E-state index is 13.7. The Morgan fingerprint density at radius 3 is 2.30 bits per heavy atom. The van der Waals surface area contributed by atoms with E-state index in [4.69, 9.17) is 0 Å². The van der Waals surface area contributed by atoms with Crippen molar-refractivity contribution in [2.45, 2.75) is 31.7 Å². The molecule has 6 nitrogen and oxygen atoms in total. The highest BCUT2D eigenvalue weighted by atomic mass is 32.2. The Labute approximate surface area is 190 Å². The number of fused-ring (bicyclic) bond motifs is 1. The van der Waals surface area contributed by atoms with Gasteiger partial charge in [0, 0.05) is 26.2 Å². The molecule has 1 heterocycles. The minimum atomic E-state index is -4.47. The number of halogens is 3. The lowest BCUT2D eigenvalue weighted by atomic mass is 9.86. The molecule has 0 spiro atoms. The number of aliphatic carboxylic acids is 1. The zero-order valence-electron chi connectivity index (χ0n) is 18.2. The number of carboxylic acid groups (broad SMARTS) is 1. The lowest BCUT2D eigenvalue weighted by molar-refractivity contribution is -0.147. The van der Waals surface area contributed by atoms with Gasteiger partial charge in [0.15, 0.2) is 0 Å². The monoisotopic (exact) mass is 482 g/mol. The molecule has 178 valence electrons. The Kier molecular flexibility index (Phi) is 5.83. The van der Waals surface area contributed by atoms with Gasteiger partial charge in [0.1, 0.15) is 5.25 Å². The van der Waals surface area contributed by atoms with Crippen molar-refractivity contribution in [1.82, 2.24) is 9.62 Å². The van der Waals surface area contributed by atoms with E-state index in [9.17, 15) is 31.5 Å². The molecule has 2 N–H and O–H groups in total. The van der Waals surface area contributed by atoms with Crippen LogP contribution in [-0.2, 0) is 27.4 Å². The average Bonchev–Trinajstić information content (AvgIpc) is 3.07. The minimum absolute atomic E-state index is 0.0374. The van der Waals surface area contributed by atoms with Crippen LogP contribution in [0.3, 0.4) is 0 Å². The molecule has 1 aliphatic heterocycles. The molecule has 2 aliphatic rings. The molecule has 2 aromatic rings. The molecule has 2 aromatic carbocycles. The molecule has 0 amide bonds. The Morgan fingerprint density at radius 1 is 1.15 bits per heavy atom. The summed E-state index contributed by atoms with van der Waals surface area (Å²) in [6.07, 6.45) is -4.51. The highest BCUT2D eigenvalue weighted by Gasteiger charge is 2.56. The van der Waals surface area contributed by atoms with E-state index in [0.717, 1.165) is 12.1 Å². The molecular formula is C23H25F3N2O4S. The standard InChI is InChI=1S/C23H25F3N2O4S/c1-14-11-17(15-3-5-16(6-4-15)23(24,25)26)19-13-22(2,21(29)30)20(18(19)12-14)33(31,32)28-9-7-27-8-10-28/h3-6,11-12,20,27H,7-10,13H2,1-2H3,(H,29,30). The van der Waals surface area contributed by atoms with E-state index in [0.29, 0.717) is 40.9 Å². The second-order valence-corrected chi connectivity index (χ2v) is 10.9. The van der Waals surface area contributed by atoms with E-state index < -0.39 is 38.4 Å². The number of benzene rings is 2. The second-order valence-electron chi connectivity index (χ2n) is 8.93. The van der Waals surface area contributed by atoms with Crippen molar-refractivity contribution in [1.29, 1.82) is 0 Å². The number of nitrogens with one attached hydrogen (secondary N) is 1. The molecule has 0 saturated carbocycles. The van der Waals surface area contributed by atoms with Crippen LogP contribution in [0, 0.1) is 12.3 Å². The van der Waals surface area contributed by atoms with Gasteiger partial charge in [-0.2, -0.15) is 17.5 Å². The summed E-state index contributed by atoms with van der Waals surface area (Å²) in [6.45, 7) is 4.66. The molecule has 4 rings (SSSR count). The SMILES string of the molecule is Cc1cc(-c2ccc(C(F)(F)F)cc2)c2c(c1)C(S(=O)(=O)N1CCNCC1)C(C)(C(=O)O)C2. The number of alkyl halides is 3. The first kappa shape index (κ1) is 23.7. The number of rotatable bonds is 4. The van der Waals surface area contributed by atoms with Crippen molar-refractivity contribution in [3.8, 4) is 11.1 Å². The fraction of sp³-hybridized carbons (Fsp3) is 0.435. The molecule has 1 aliphatic carbocycles. The van der Waals surface area contributed by atoms with Gasteiger partial charge < -0.3 is 10.4 Å². The Bertz CT molecular complexity index is 1190. The van der Waals surface area contributed by atoms with Gasteiger partial charge in [-0.05, 0) is 54.7 Å². The Morgan fingerprint density at radius 2 is 1.76 bits per heavy atom. The van der Waals surface area contributed by atoms with Gasteiger partial charge in [-0.3, -0.25) is 4.79 Å². The first-order valence-electron chi connectivity index (χ1n) is 10.6. The van der Waals surface area contributed by atoms with Crippen LogP contribution < -0.4 is 5.32 Å². The first-order chi connectivity index (χ1) is 15.4. The molecule has 1 saturated heterocycles. The topological polar surface area (TPSA) is 86.7 Å². The third-order valence-corrected chi connectivity index (χ3v) is 9.03. The summed E-state index contributed by atoms with van der Waals surface area (Å²) < 4.78 is 67.8. The predicted octanol–water partition coefficient (Wildman–Crippen LogP) is 3.60. The smallest absolute Gasteiger partial charge is 0.416 e. The predicted molar refractivity (Wildman–Crippen MR) is 117 cm³/mol. The normalized spacial score (nSPS) is 24.0. The van der Waals surface area contributed by atoms with Gasteiger partial charge in [0.2, 0.25) is 10.0 Å². The summed E-state index contributed by atoms with van der Waals surface area (Å²) >= 11 is 0. The van der Waals surface area contributed by atoms with Crippen molar-refractivity contribution in [2.75, 3.05) is 26.2 Å². The zero-order chi connectivity index (χ0) is 24.2. The molecule has 0 radical (unpaired) electrons. The summed E-state index contributed by atoms with van der Waals surface area (Å²) in [6, 6.07) is 8.10. The highest BCUT2D eigenvalue weighted by Crippen LogP contribution is 2.54. The van der Waals surface area contributed by atoms with E-state index in [1.54, 1.807) is 19.1 Å².